The first-order chi connectivity index (χ1) is 29.3. The zero-order valence-corrected chi connectivity index (χ0v) is 32.2. The van der Waals surface area contributed by atoms with Crippen LogP contribution in [0.25, 0.3) is 56.7 Å². The number of rotatable bonds is 6. The second kappa shape index (κ2) is 16.6. The number of benzene rings is 2. The van der Waals surface area contributed by atoms with E-state index in [1.807, 2.05) is 77.7 Å². The molecule has 0 unspecified atom stereocenters. The molecule has 0 radical (unpaired) electrons. The van der Waals surface area contributed by atoms with Gasteiger partial charge in [-0.3, -0.25) is 14.8 Å². The molecule has 6 aromatic heterocycles. The summed E-state index contributed by atoms with van der Waals surface area (Å²) in [5.74, 6) is -1.09. The molecule has 296 valence electrons. The Kier molecular flexibility index (Phi) is 10.5. The third kappa shape index (κ3) is 8.72. The largest absolute Gasteiger partial charge is 0.564 e. The Morgan fingerprint density at radius 2 is 1.02 bits per heavy atom. The van der Waals surface area contributed by atoms with Gasteiger partial charge in [0.15, 0.2) is 18.2 Å². The molecule has 60 heavy (non-hydrogen) atoms. The highest BCUT2D eigenvalue weighted by Crippen LogP contribution is 2.31. The Bertz CT molecular complexity index is 2680. The van der Waals surface area contributed by atoms with Crippen LogP contribution in [0.4, 0.5) is 0 Å². The molecular weight excluding hydrogens is 759 g/mol. The Morgan fingerprint density at radius 1 is 0.517 bits per heavy atom. The van der Waals surface area contributed by atoms with E-state index in [1.54, 1.807) is 45.1 Å². The molecule has 15 nitrogen and oxygen atoms in total. The zero-order chi connectivity index (χ0) is 41.0. The van der Waals surface area contributed by atoms with Gasteiger partial charge >= 0.3 is 5.97 Å². The highest BCUT2D eigenvalue weighted by atomic mass is 16.4. The smallest absolute Gasteiger partial charge is 0.530 e. The van der Waals surface area contributed by atoms with Crippen molar-refractivity contribution in [3.63, 3.8) is 0 Å². The average molecular weight is 796 g/mol. The highest BCUT2D eigenvalue weighted by Gasteiger charge is 2.20. The topological polar surface area (TPSA) is 187 Å². The van der Waals surface area contributed by atoms with Gasteiger partial charge in [0.1, 0.15) is 0 Å². The van der Waals surface area contributed by atoms with Crippen LogP contribution in [-0.2, 0) is 35.8 Å². The van der Waals surface area contributed by atoms with E-state index in [4.69, 9.17) is 30.1 Å². The fourth-order valence-electron chi connectivity index (χ4n) is 7.22. The Morgan fingerprint density at radius 3 is 1.55 bits per heavy atom. The van der Waals surface area contributed by atoms with Crippen molar-refractivity contribution >= 4 is 11.9 Å². The molecule has 12 bridgehead atoms. The zero-order valence-electron chi connectivity index (χ0n) is 32.2. The van der Waals surface area contributed by atoms with Crippen LogP contribution in [0.5, 0.6) is 0 Å². The fraction of sp³-hybridized carbons (Fsp3) is 0.133. The van der Waals surface area contributed by atoms with E-state index in [0.29, 0.717) is 57.2 Å². The molecule has 0 saturated carbocycles. The number of hydrogen-bond donors (Lipinski definition) is 0. The van der Waals surface area contributed by atoms with Crippen LogP contribution in [0.1, 0.15) is 22.8 Å². The van der Waals surface area contributed by atoms with Gasteiger partial charge in [-0.2, -0.15) is 10.2 Å². The minimum absolute atomic E-state index is 0.130. The van der Waals surface area contributed by atoms with Crippen molar-refractivity contribution in [2.75, 3.05) is 13.1 Å². The van der Waals surface area contributed by atoms with Crippen molar-refractivity contribution in [2.24, 2.45) is 0 Å². The molecule has 2 aromatic carbocycles. The van der Waals surface area contributed by atoms with Crippen LogP contribution >= 0.6 is 0 Å². The molecule has 0 spiro atoms. The Labute approximate surface area is 343 Å². The van der Waals surface area contributed by atoms with Crippen LogP contribution in [0.2, 0.25) is 0 Å². The van der Waals surface area contributed by atoms with Gasteiger partial charge in [0.25, 0.3) is 0 Å². The second-order valence-corrected chi connectivity index (χ2v) is 14.4. The minimum Gasteiger partial charge on any atom is -0.564 e. The lowest BCUT2D eigenvalue weighted by molar-refractivity contribution is -0.306. The number of carbonyl (C=O) groups is 2. The monoisotopic (exact) mass is 795 g/mol. The molecule has 0 aliphatic carbocycles. The summed E-state index contributed by atoms with van der Waals surface area (Å²) in [6.07, 6.45) is 6.64. The van der Waals surface area contributed by atoms with Gasteiger partial charge in [0.05, 0.1) is 63.9 Å². The van der Waals surface area contributed by atoms with Crippen LogP contribution in [-0.4, -0.2) is 84.4 Å². The predicted octanol–water partition coefficient (Wildman–Crippen LogP) is 4.02. The standard InChI is InChI=1S/C45H37N11O4/c57-44(58)28-53-24-34-8-4-10-38(47-34)40-20-33(32-14-12-31(13-15-32)30-6-2-1-3-7-30)21-41(49-40)39-11-5-9-35(48-39)25-54(29-45(59)60)27-37-17-19-56(52-37)43-23-46-22-42(50-43)55-18-16-36(26-53)51-55/h1-23H,24-29H2,(H,57,58)(H,59,60). The number of aromatic nitrogens is 9. The molecule has 0 atom stereocenters. The average Bonchev–Trinajstić information content (AvgIpc) is 3.94. The summed E-state index contributed by atoms with van der Waals surface area (Å²) < 4.78 is 3.15. The van der Waals surface area contributed by atoms with Crippen molar-refractivity contribution in [2.45, 2.75) is 26.2 Å². The Hall–Kier alpha value is -7.75. The van der Waals surface area contributed by atoms with Gasteiger partial charge in [0, 0.05) is 49.9 Å². The molecule has 1 aliphatic rings. The third-order valence-electron chi connectivity index (χ3n) is 9.92. The first kappa shape index (κ1) is 37.8. The van der Waals surface area contributed by atoms with Crippen LogP contribution < -0.4 is 5.11 Å². The van der Waals surface area contributed by atoms with Crippen molar-refractivity contribution < 1.29 is 19.8 Å². The van der Waals surface area contributed by atoms with Gasteiger partial charge in [0.2, 0.25) is 0 Å². The molecular formula is C45H37N11O4. The SMILES string of the molecule is O=C([O-])CN1Cc2cccc(n2)-c2cc(-c3ccc(-c4ccccc4)cc3)cc(n2)-c2cccc(n2)CN(CC(=O)[OH2+])Cc2ccn(n2)-c2cncc(n2)-n2ccc(n2)C1. The summed E-state index contributed by atoms with van der Waals surface area (Å²) in [6.45, 7) is 0.442. The van der Waals surface area contributed by atoms with E-state index in [-0.39, 0.29) is 39.3 Å². The summed E-state index contributed by atoms with van der Waals surface area (Å²) >= 11 is 0. The third-order valence-corrected chi connectivity index (χ3v) is 9.92. The van der Waals surface area contributed by atoms with Crippen molar-refractivity contribution in [3.05, 3.63) is 163 Å². The van der Waals surface area contributed by atoms with Gasteiger partial charge in [-0.1, -0.05) is 66.7 Å². The molecule has 15 heteroatoms. The van der Waals surface area contributed by atoms with E-state index in [0.717, 1.165) is 22.3 Å². The maximum absolute atomic E-state index is 12.2. The summed E-state index contributed by atoms with van der Waals surface area (Å²) in [7, 11) is 0. The Balaban J connectivity index is 1.15. The summed E-state index contributed by atoms with van der Waals surface area (Å²) in [5, 5.41) is 29.2. The number of hydrogen-bond acceptors (Lipinski definition) is 12. The first-order valence-electron chi connectivity index (χ1n) is 19.2. The first-order valence-corrected chi connectivity index (χ1v) is 19.2. The summed E-state index contributed by atoms with van der Waals surface area (Å²) in [4.78, 5) is 51.9. The molecule has 0 amide bonds. The summed E-state index contributed by atoms with van der Waals surface area (Å²) in [5.41, 5.74) is 9.05. The lowest BCUT2D eigenvalue weighted by Gasteiger charge is -2.21. The van der Waals surface area contributed by atoms with E-state index in [9.17, 15) is 14.7 Å². The lowest BCUT2D eigenvalue weighted by Crippen LogP contribution is -2.37. The number of fused-ring (bicyclic) bond motifs is 16. The molecule has 7 heterocycles. The molecule has 2 N–H and O–H groups in total. The molecule has 8 aromatic rings. The highest BCUT2D eigenvalue weighted by molar-refractivity contribution is 5.77. The number of aliphatic carboxylic acids is 1. The normalized spacial score (nSPS) is 13.3. The maximum atomic E-state index is 12.2. The van der Waals surface area contributed by atoms with E-state index >= 15 is 0 Å². The van der Waals surface area contributed by atoms with Crippen LogP contribution in [0, 0.1) is 0 Å². The van der Waals surface area contributed by atoms with E-state index < -0.39 is 11.9 Å². The van der Waals surface area contributed by atoms with Crippen molar-refractivity contribution in [1.82, 2.24) is 54.3 Å². The molecule has 0 saturated heterocycles. The number of pyridine rings is 3. The van der Waals surface area contributed by atoms with Gasteiger partial charge in [-0.05, 0) is 70.8 Å². The van der Waals surface area contributed by atoms with E-state index in [2.05, 4.69) is 46.5 Å². The number of carboxylic acids is 1. The maximum Gasteiger partial charge on any atom is 0.530 e. The number of nitrogens with zero attached hydrogens (tertiary/aromatic N) is 11. The molecule has 9 rings (SSSR count). The molecule has 1 aliphatic heterocycles. The van der Waals surface area contributed by atoms with Gasteiger partial charge in [-0.15, -0.1) is 0 Å². The molecule has 0 fully saturated rings. The van der Waals surface area contributed by atoms with Crippen LogP contribution in [0.15, 0.2) is 140 Å². The predicted molar refractivity (Wildman–Crippen MR) is 220 cm³/mol. The minimum atomic E-state index is -1.22. The summed E-state index contributed by atoms with van der Waals surface area (Å²) in [6, 6.07) is 37.4. The number of carboxylic acid groups (broad SMARTS) is 1. The van der Waals surface area contributed by atoms with Gasteiger partial charge < -0.3 is 15.0 Å². The number of carbonyl (C=O) groups excluding carboxylic acids is 2. The van der Waals surface area contributed by atoms with Crippen molar-refractivity contribution in [1.29, 1.82) is 0 Å². The van der Waals surface area contributed by atoms with Crippen LogP contribution in [0.3, 0.4) is 0 Å². The second-order valence-electron chi connectivity index (χ2n) is 14.4. The fourth-order valence-corrected chi connectivity index (χ4v) is 7.22. The van der Waals surface area contributed by atoms with Crippen molar-refractivity contribution in [3.8, 4) is 56.7 Å². The quantitative estimate of drug-likeness (QED) is 0.221. The lowest BCUT2D eigenvalue weighted by atomic mass is 9.99. The van der Waals surface area contributed by atoms with E-state index in [1.165, 1.54) is 0 Å². The van der Waals surface area contributed by atoms with Gasteiger partial charge in [-0.25, -0.2) is 29.3 Å².